The number of likely N-dealkylation sites (tertiary alicyclic amines) is 1. The van der Waals surface area contributed by atoms with Crippen LogP contribution in [0.15, 0.2) is 41.8 Å². The fraction of sp³-hybridized carbons (Fsp3) is 0.444. The van der Waals surface area contributed by atoms with E-state index in [9.17, 15) is 0 Å². The third kappa shape index (κ3) is 3.86. The quantitative estimate of drug-likeness (QED) is 0.799. The largest absolute Gasteiger partial charge is 0.497 e. The Morgan fingerprint density at radius 3 is 3.05 bits per heavy atom. The Bertz CT molecular complexity index is 552. The Hall–Kier alpha value is -1.32. The van der Waals surface area contributed by atoms with Crippen molar-refractivity contribution in [2.24, 2.45) is 0 Å². The Morgan fingerprint density at radius 1 is 1.29 bits per heavy atom. The molecule has 2 aromatic rings. The fourth-order valence-corrected chi connectivity index (χ4v) is 3.90. The van der Waals surface area contributed by atoms with Gasteiger partial charge >= 0.3 is 0 Å². The summed E-state index contributed by atoms with van der Waals surface area (Å²) in [6.45, 7) is 2.44. The summed E-state index contributed by atoms with van der Waals surface area (Å²) in [6, 6.07) is 13.6. The summed E-state index contributed by atoms with van der Waals surface area (Å²) in [6.07, 6.45) is 4.98. The van der Waals surface area contributed by atoms with Gasteiger partial charge in [-0.25, -0.2) is 0 Å². The molecule has 3 heteroatoms. The first-order chi connectivity index (χ1) is 10.3. The molecule has 1 unspecified atom stereocenters. The van der Waals surface area contributed by atoms with E-state index in [-0.39, 0.29) is 0 Å². The summed E-state index contributed by atoms with van der Waals surface area (Å²) in [5.74, 6) is 0.968. The predicted molar refractivity (Wildman–Crippen MR) is 89.3 cm³/mol. The van der Waals surface area contributed by atoms with E-state index in [0.717, 1.165) is 12.2 Å². The zero-order valence-electron chi connectivity index (χ0n) is 12.6. The smallest absolute Gasteiger partial charge is 0.119 e. The maximum atomic E-state index is 5.33. The van der Waals surface area contributed by atoms with Crippen LogP contribution in [0.25, 0.3) is 0 Å². The minimum absolute atomic E-state index is 0.692. The lowest BCUT2D eigenvalue weighted by Crippen LogP contribution is -2.32. The van der Waals surface area contributed by atoms with E-state index in [0.29, 0.717) is 6.04 Å². The lowest BCUT2D eigenvalue weighted by atomic mass is 10.0. The monoisotopic (exact) mass is 301 g/mol. The highest BCUT2D eigenvalue weighted by Gasteiger charge is 2.24. The van der Waals surface area contributed by atoms with Crippen molar-refractivity contribution in [1.29, 1.82) is 0 Å². The molecule has 0 aliphatic carbocycles. The zero-order chi connectivity index (χ0) is 14.5. The van der Waals surface area contributed by atoms with Crippen LogP contribution < -0.4 is 4.74 Å². The van der Waals surface area contributed by atoms with Gasteiger partial charge in [-0.05, 0) is 61.4 Å². The van der Waals surface area contributed by atoms with E-state index in [4.69, 9.17) is 4.74 Å². The number of hydrogen-bond donors (Lipinski definition) is 0. The molecule has 0 saturated carbocycles. The summed E-state index contributed by atoms with van der Waals surface area (Å²) in [4.78, 5) is 4.17. The molecule has 0 radical (unpaired) electrons. The van der Waals surface area contributed by atoms with Crippen LogP contribution in [0.4, 0.5) is 0 Å². The average Bonchev–Trinajstić information content (AvgIpc) is 3.17. The molecule has 0 amide bonds. The molecule has 3 rings (SSSR count). The van der Waals surface area contributed by atoms with Crippen molar-refractivity contribution in [3.05, 3.63) is 52.2 Å². The van der Waals surface area contributed by atoms with Crippen molar-refractivity contribution in [2.75, 3.05) is 20.2 Å². The number of methoxy groups -OCH3 is 1. The number of benzene rings is 1. The summed E-state index contributed by atoms with van der Waals surface area (Å²) in [7, 11) is 1.74. The van der Waals surface area contributed by atoms with Crippen LogP contribution in [0.3, 0.4) is 0 Å². The third-order valence-corrected chi connectivity index (χ3v) is 5.27. The zero-order valence-corrected chi connectivity index (χ0v) is 13.4. The third-order valence-electron chi connectivity index (χ3n) is 4.33. The van der Waals surface area contributed by atoms with Gasteiger partial charge in [0.1, 0.15) is 5.75 Å². The van der Waals surface area contributed by atoms with E-state index in [1.54, 1.807) is 7.11 Å². The second kappa shape index (κ2) is 7.10. The minimum Gasteiger partial charge on any atom is -0.497 e. The summed E-state index contributed by atoms with van der Waals surface area (Å²) in [5.41, 5.74) is 1.39. The van der Waals surface area contributed by atoms with Gasteiger partial charge in [-0.2, -0.15) is 0 Å². The Labute approximate surface area is 131 Å². The summed E-state index contributed by atoms with van der Waals surface area (Å²) in [5, 5.41) is 2.17. The first kappa shape index (κ1) is 14.6. The fourth-order valence-electron chi connectivity index (χ4n) is 3.20. The van der Waals surface area contributed by atoms with E-state index >= 15 is 0 Å². The highest BCUT2D eigenvalue weighted by atomic mass is 32.1. The lowest BCUT2D eigenvalue weighted by Gasteiger charge is -2.24. The van der Waals surface area contributed by atoms with Crippen LogP contribution in [0.2, 0.25) is 0 Å². The van der Waals surface area contributed by atoms with Crippen LogP contribution >= 0.6 is 11.3 Å². The van der Waals surface area contributed by atoms with E-state index in [2.05, 4.69) is 40.6 Å². The van der Waals surface area contributed by atoms with Gasteiger partial charge in [0.2, 0.25) is 0 Å². The van der Waals surface area contributed by atoms with Crippen LogP contribution in [0.5, 0.6) is 5.75 Å². The molecular formula is C18H23NOS. The first-order valence-electron chi connectivity index (χ1n) is 7.74. The molecule has 0 bridgehead atoms. The van der Waals surface area contributed by atoms with Crippen LogP contribution in [-0.4, -0.2) is 31.1 Å². The molecule has 2 heterocycles. The molecule has 1 aliphatic heterocycles. The lowest BCUT2D eigenvalue weighted by molar-refractivity contribution is 0.256. The van der Waals surface area contributed by atoms with Crippen molar-refractivity contribution in [3.63, 3.8) is 0 Å². The van der Waals surface area contributed by atoms with Crippen molar-refractivity contribution >= 4 is 11.3 Å². The standard InChI is InChI=1S/C18H23NOS/c1-20-17-7-2-5-15(14-17)13-16-6-3-10-19(16)11-9-18-8-4-12-21-18/h2,4-5,7-8,12,14,16H,3,6,9-11,13H2,1H3. The number of rotatable bonds is 6. The van der Waals surface area contributed by atoms with Crippen LogP contribution in [0.1, 0.15) is 23.3 Å². The molecule has 1 fully saturated rings. The first-order valence-corrected chi connectivity index (χ1v) is 8.62. The van der Waals surface area contributed by atoms with Gasteiger partial charge < -0.3 is 4.74 Å². The normalized spacial score (nSPS) is 19.0. The topological polar surface area (TPSA) is 12.5 Å². The molecule has 0 spiro atoms. The molecule has 2 nitrogen and oxygen atoms in total. The second-order valence-electron chi connectivity index (χ2n) is 5.72. The van der Waals surface area contributed by atoms with E-state index < -0.39 is 0 Å². The average molecular weight is 301 g/mol. The number of thiophene rings is 1. The SMILES string of the molecule is COc1cccc(CC2CCCN2CCc2cccs2)c1. The molecule has 112 valence electrons. The van der Waals surface area contributed by atoms with Gasteiger partial charge in [-0.3, -0.25) is 4.90 Å². The molecule has 21 heavy (non-hydrogen) atoms. The van der Waals surface area contributed by atoms with Crippen molar-refractivity contribution in [3.8, 4) is 5.75 Å². The summed E-state index contributed by atoms with van der Waals surface area (Å²) < 4.78 is 5.33. The van der Waals surface area contributed by atoms with Gasteiger partial charge in [-0.1, -0.05) is 18.2 Å². The molecule has 1 aromatic carbocycles. The van der Waals surface area contributed by atoms with Crippen molar-refractivity contribution in [1.82, 2.24) is 4.90 Å². The second-order valence-corrected chi connectivity index (χ2v) is 6.75. The highest BCUT2D eigenvalue weighted by Crippen LogP contribution is 2.23. The van der Waals surface area contributed by atoms with Crippen molar-refractivity contribution < 1.29 is 4.74 Å². The molecular weight excluding hydrogens is 278 g/mol. The number of nitrogens with zero attached hydrogens (tertiary/aromatic N) is 1. The van der Waals surface area contributed by atoms with Gasteiger partial charge in [-0.15, -0.1) is 11.3 Å². The Morgan fingerprint density at radius 2 is 2.24 bits per heavy atom. The molecule has 1 atom stereocenters. The van der Waals surface area contributed by atoms with Gasteiger partial charge in [0.25, 0.3) is 0 Å². The van der Waals surface area contributed by atoms with Crippen LogP contribution in [0, 0.1) is 0 Å². The number of ether oxygens (including phenoxy) is 1. The minimum atomic E-state index is 0.692. The molecule has 0 N–H and O–H groups in total. The Balaban J connectivity index is 1.58. The van der Waals surface area contributed by atoms with E-state index in [1.807, 2.05) is 17.4 Å². The van der Waals surface area contributed by atoms with E-state index in [1.165, 1.54) is 42.8 Å². The van der Waals surface area contributed by atoms with Gasteiger partial charge in [0.15, 0.2) is 0 Å². The van der Waals surface area contributed by atoms with Gasteiger partial charge in [0.05, 0.1) is 7.11 Å². The maximum Gasteiger partial charge on any atom is 0.119 e. The highest BCUT2D eigenvalue weighted by molar-refractivity contribution is 7.09. The molecule has 1 aromatic heterocycles. The predicted octanol–water partition coefficient (Wildman–Crippen LogP) is 4.01. The Kier molecular flexibility index (Phi) is 4.94. The number of hydrogen-bond acceptors (Lipinski definition) is 3. The van der Waals surface area contributed by atoms with Gasteiger partial charge in [0, 0.05) is 17.5 Å². The summed E-state index contributed by atoms with van der Waals surface area (Å²) >= 11 is 1.87. The molecule has 1 saturated heterocycles. The van der Waals surface area contributed by atoms with Crippen LogP contribution in [-0.2, 0) is 12.8 Å². The maximum absolute atomic E-state index is 5.33. The molecule has 1 aliphatic rings. The van der Waals surface area contributed by atoms with Crippen molar-refractivity contribution in [2.45, 2.75) is 31.7 Å².